The third-order valence-corrected chi connectivity index (χ3v) is 4.34. The molecule has 0 heterocycles. The minimum absolute atomic E-state index is 0.124. The molecule has 2 rings (SSSR count). The summed E-state index contributed by atoms with van der Waals surface area (Å²) in [5, 5.41) is 2.90. The number of carbonyl (C=O) groups is 2. The van der Waals surface area contributed by atoms with Gasteiger partial charge in [-0.25, -0.2) is 0 Å². The molecule has 2 aromatic carbocycles. The molecule has 0 fully saturated rings. The first-order valence-electron chi connectivity index (χ1n) is 9.00. The summed E-state index contributed by atoms with van der Waals surface area (Å²) in [6.07, 6.45) is 1.03. The van der Waals surface area contributed by atoms with Gasteiger partial charge in [-0.05, 0) is 42.5 Å². The van der Waals surface area contributed by atoms with Crippen molar-refractivity contribution in [3.8, 4) is 0 Å². The van der Waals surface area contributed by atoms with Gasteiger partial charge in [0.15, 0.2) is 0 Å². The van der Waals surface area contributed by atoms with Gasteiger partial charge in [0, 0.05) is 14.1 Å². The predicted molar refractivity (Wildman–Crippen MR) is 106 cm³/mol. The van der Waals surface area contributed by atoms with Gasteiger partial charge in [-0.2, -0.15) is 0 Å². The Morgan fingerprint density at radius 3 is 2.15 bits per heavy atom. The number of anilines is 1. The average Bonchev–Trinajstić information content (AvgIpc) is 2.61. The highest BCUT2D eigenvalue weighted by Gasteiger charge is 2.19. The normalized spacial score (nSPS) is 11.9. The van der Waals surface area contributed by atoms with Gasteiger partial charge in [0.25, 0.3) is 5.91 Å². The zero-order valence-corrected chi connectivity index (χ0v) is 16.2. The maximum absolute atomic E-state index is 12.7. The Balaban J connectivity index is 2.14. The Bertz CT molecular complexity index is 764. The Morgan fingerprint density at radius 2 is 1.58 bits per heavy atom. The smallest absolute Gasteiger partial charge is 0.255 e. The summed E-state index contributed by atoms with van der Waals surface area (Å²) in [6, 6.07) is 15.3. The fraction of sp³-hybridized carbons (Fsp3) is 0.364. The second-order valence-electron chi connectivity index (χ2n) is 7.30. The predicted octanol–water partition coefficient (Wildman–Crippen LogP) is 4.33. The quantitative estimate of drug-likeness (QED) is 0.841. The van der Waals surface area contributed by atoms with E-state index >= 15 is 0 Å². The van der Waals surface area contributed by atoms with Gasteiger partial charge in [-0.1, -0.05) is 50.2 Å². The monoisotopic (exact) mass is 352 g/mol. The van der Waals surface area contributed by atoms with Crippen LogP contribution in [0.2, 0.25) is 0 Å². The van der Waals surface area contributed by atoms with Crippen LogP contribution in [0.1, 0.15) is 48.2 Å². The molecule has 4 heteroatoms. The Kier molecular flexibility index (Phi) is 6.56. The van der Waals surface area contributed by atoms with Crippen molar-refractivity contribution >= 4 is 17.5 Å². The third kappa shape index (κ3) is 4.94. The number of para-hydroxylation sites is 1. The van der Waals surface area contributed by atoms with Crippen LogP contribution in [0.25, 0.3) is 0 Å². The van der Waals surface area contributed by atoms with Crippen molar-refractivity contribution in [1.82, 2.24) is 4.90 Å². The van der Waals surface area contributed by atoms with Crippen LogP contribution in [0.5, 0.6) is 0 Å². The van der Waals surface area contributed by atoms with Gasteiger partial charge >= 0.3 is 0 Å². The minimum Gasteiger partial charge on any atom is -0.345 e. The third-order valence-electron chi connectivity index (χ3n) is 4.34. The molecule has 0 radical (unpaired) electrons. The lowest BCUT2D eigenvalue weighted by molar-refractivity contribution is -0.117. The molecule has 0 bridgehead atoms. The lowest BCUT2D eigenvalue weighted by atomic mass is 9.96. The number of benzene rings is 2. The first-order chi connectivity index (χ1) is 12.3. The molecule has 26 heavy (non-hydrogen) atoms. The van der Waals surface area contributed by atoms with E-state index in [1.54, 1.807) is 32.3 Å². The largest absolute Gasteiger partial charge is 0.345 e. The first kappa shape index (κ1) is 19.7. The van der Waals surface area contributed by atoms with E-state index in [1.165, 1.54) is 10.5 Å². The summed E-state index contributed by atoms with van der Waals surface area (Å²) in [4.78, 5) is 26.5. The molecule has 0 aliphatic carbocycles. The van der Waals surface area contributed by atoms with Crippen molar-refractivity contribution in [2.75, 3.05) is 19.4 Å². The number of nitrogens with one attached hydrogen (secondary N) is 1. The summed E-state index contributed by atoms with van der Waals surface area (Å²) in [5.74, 6) is 0.0464. The number of rotatable bonds is 6. The maximum atomic E-state index is 12.7. The molecule has 1 N–H and O–H groups in total. The van der Waals surface area contributed by atoms with E-state index in [2.05, 4.69) is 31.3 Å². The molecule has 4 nitrogen and oxygen atoms in total. The highest BCUT2D eigenvalue weighted by Crippen LogP contribution is 2.22. The van der Waals surface area contributed by atoms with Gasteiger partial charge in [-0.3, -0.25) is 9.59 Å². The van der Waals surface area contributed by atoms with Gasteiger partial charge in [0.05, 0.1) is 17.2 Å². The topological polar surface area (TPSA) is 49.4 Å². The molecule has 0 aliphatic rings. The number of carbonyl (C=O) groups excluding carboxylic acids is 2. The second kappa shape index (κ2) is 8.65. The number of nitrogens with zero attached hydrogens (tertiary/aromatic N) is 1. The van der Waals surface area contributed by atoms with E-state index in [0.29, 0.717) is 17.2 Å². The van der Waals surface area contributed by atoms with Gasteiger partial charge < -0.3 is 10.2 Å². The zero-order valence-electron chi connectivity index (χ0n) is 16.2. The molecule has 0 saturated heterocycles. The number of hydrogen-bond donors (Lipinski definition) is 1. The van der Waals surface area contributed by atoms with E-state index in [9.17, 15) is 9.59 Å². The van der Waals surface area contributed by atoms with Crippen molar-refractivity contribution in [2.45, 2.75) is 33.1 Å². The Hall–Kier alpha value is -2.62. The molecule has 0 saturated carbocycles. The minimum atomic E-state index is -0.300. The molecule has 1 unspecified atom stereocenters. The molecule has 138 valence electrons. The van der Waals surface area contributed by atoms with Crippen LogP contribution in [0.15, 0.2) is 48.5 Å². The van der Waals surface area contributed by atoms with Crippen LogP contribution in [0.3, 0.4) is 0 Å². The highest BCUT2D eigenvalue weighted by atomic mass is 16.2. The van der Waals surface area contributed by atoms with E-state index < -0.39 is 0 Å². The van der Waals surface area contributed by atoms with Crippen molar-refractivity contribution < 1.29 is 9.59 Å². The fourth-order valence-corrected chi connectivity index (χ4v) is 2.83. The molecule has 2 aromatic rings. The Labute approximate surface area is 156 Å². The SMILES string of the molecule is CC(C)Cc1ccc(C(C)C(=O)Nc2ccccc2C(=O)N(C)C)cc1. The van der Waals surface area contributed by atoms with Crippen molar-refractivity contribution in [1.29, 1.82) is 0 Å². The van der Waals surface area contributed by atoms with Crippen LogP contribution < -0.4 is 5.32 Å². The van der Waals surface area contributed by atoms with Crippen molar-refractivity contribution in [3.63, 3.8) is 0 Å². The fourth-order valence-electron chi connectivity index (χ4n) is 2.83. The summed E-state index contributed by atoms with van der Waals surface area (Å²) in [7, 11) is 3.39. The van der Waals surface area contributed by atoms with E-state index in [4.69, 9.17) is 0 Å². The molecule has 0 spiro atoms. The Morgan fingerprint density at radius 1 is 0.962 bits per heavy atom. The second-order valence-corrected chi connectivity index (χ2v) is 7.30. The molecule has 1 atom stereocenters. The van der Waals surface area contributed by atoms with Crippen molar-refractivity contribution in [2.24, 2.45) is 5.92 Å². The number of hydrogen-bond acceptors (Lipinski definition) is 2. The zero-order chi connectivity index (χ0) is 19.3. The molecule has 0 aliphatic heterocycles. The summed E-state index contributed by atoms with van der Waals surface area (Å²) < 4.78 is 0. The van der Waals surface area contributed by atoms with Crippen LogP contribution in [0.4, 0.5) is 5.69 Å². The van der Waals surface area contributed by atoms with Gasteiger partial charge in [0.1, 0.15) is 0 Å². The van der Waals surface area contributed by atoms with Gasteiger partial charge in [-0.15, -0.1) is 0 Å². The van der Waals surface area contributed by atoms with Crippen LogP contribution in [0, 0.1) is 5.92 Å². The van der Waals surface area contributed by atoms with E-state index in [0.717, 1.165) is 12.0 Å². The average molecular weight is 352 g/mol. The van der Waals surface area contributed by atoms with E-state index in [1.807, 2.05) is 25.1 Å². The number of amides is 2. The molecule has 2 amide bonds. The standard InChI is InChI=1S/C22H28N2O2/c1-15(2)14-17-10-12-18(13-11-17)16(3)21(25)23-20-9-7-6-8-19(20)22(26)24(4)5/h6-13,15-16H,14H2,1-5H3,(H,23,25). The molecular formula is C22H28N2O2. The lowest BCUT2D eigenvalue weighted by Crippen LogP contribution is -2.25. The maximum Gasteiger partial charge on any atom is 0.255 e. The summed E-state index contributed by atoms with van der Waals surface area (Å²) in [6.45, 7) is 6.26. The highest BCUT2D eigenvalue weighted by molar-refractivity contribution is 6.04. The van der Waals surface area contributed by atoms with Crippen LogP contribution in [-0.4, -0.2) is 30.8 Å². The van der Waals surface area contributed by atoms with Gasteiger partial charge in [0.2, 0.25) is 5.91 Å². The summed E-state index contributed by atoms with van der Waals surface area (Å²) >= 11 is 0. The first-order valence-corrected chi connectivity index (χ1v) is 9.00. The van der Waals surface area contributed by atoms with Crippen LogP contribution >= 0.6 is 0 Å². The summed E-state index contributed by atoms with van der Waals surface area (Å²) in [5.41, 5.74) is 3.27. The van der Waals surface area contributed by atoms with Crippen molar-refractivity contribution in [3.05, 3.63) is 65.2 Å². The van der Waals surface area contributed by atoms with E-state index in [-0.39, 0.29) is 17.7 Å². The molecule has 0 aromatic heterocycles. The van der Waals surface area contributed by atoms with Crippen LogP contribution in [-0.2, 0) is 11.2 Å². The molecular weight excluding hydrogens is 324 g/mol. The lowest BCUT2D eigenvalue weighted by Gasteiger charge is -2.17.